The lowest BCUT2D eigenvalue weighted by Gasteiger charge is -2.18. The summed E-state index contributed by atoms with van der Waals surface area (Å²) in [4.78, 5) is 3.94. The SMILES string of the molecule is Nc1ccc2c(c1)-n1ncnc1NS2(=O)=O. The Morgan fingerprint density at radius 2 is 2.19 bits per heavy atom. The lowest BCUT2D eigenvalue weighted by atomic mass is 10.3. The van der Waals surface area contributed by atoms with E-state index in [1.807, 2.05) is 0 Å². The van der Waals surface area contributed by atoms with Crippen LogP contribution in [0.4, 0.5) is 11.6 Å². The number of nitrogens with zero attached hydrogens (tertiary/aromatic N) is 3. The number of benzene rings is 1. The molecule has 3 rings (SSSR count). The van der Waals surface area contributed by atoms with Crippen molar-refractivity contribution in [2.24, 2.45) is 0 Å². The Morgan fingerprint density at radius 3 is 3.00 bits per heavy atom. The molecule has 2 heterocycles. The number of nitrogens with two attached hydrogens (primary N) is 1. The summed E-state index contributed by atoms with van der Waals surface area (Å²) in [6, 6.07) is 4.52. The first kappa shape index (κ1) is 9.16. The van der Waals surface area contributed by atoms with Crippen molar-refractivity contribution >= 4 is 21.7 Å². The molecule has 0 atom stereocenters. The van der Waals surface area contributed by atoms with E-state index in [2.05, 4.69) is 14.8 Å². The molecule has 3 N–H and O–H groups in total. The smallest absolute Gasteiger partial charge is 0.266 e. The largest absolute Gasteiger partial charge is 0.399 e. The average Bonchev–Trinajstić information content (AvgIpc) is 2.64. The highest BCUT2D eigenvalue weighted by Crippen LogP contribution is 2.29. The summed E-state index contributed by atoms with van der Waals surface area (Å²) in [5, 5.41) is 3.93. The lowest BCUT2D eigenvalue weighted by molar-refractivity contribution is 0.597. The predicted octanol–water partition coefficient (Wildman–Crippen LogP) is -0.0363. The Morgan fingerprint density at radius 1 is 1.38 bits per heavy atom. The van der Waals surface area contributed by atoms with Crippen LogP contribution in [-0.4, -0.2) is 23.2 Å². The van der Waals surface area contributed by atoms with Gasteiger partial charge in [0.05, 0.1) is 5.69 Å². The molecule has 1 aromatic carbocycles. The Bertz CT molecular complexity index is 675. The Balaban J connectivity index is 2.43. The van der Waals surface area contributed by atoms with Gasteiger partial charge in [0, 0.05) is 5.69 Å². The highest BCUT2D eigenvalue weighted by molar-refractivity contribution is 7.92. The molecule has 0 aliphatic carbocycles. The molecule has 0 bridgehead atoms. The maximum atomic E-state index is 11.8. The molecule has 2 aromatic rings. The summed E-state index contributed by atoms with van der Waals surface area (Å²) in [5.41, 5.74) is 6.50. The Labute approximate surface area is 91.0 Å². The molecule has 0 unspecified atom stereocenters. The predicted molar refractivity (Wildman–Crippen MR) is 56.6 cm³/mol. The van der Waals surface area contributed by atoms with E-state index < -0.39 is 10.0 Å². The monoisotopic (exact) mass is 237 g/mol. The number of hydrogen-bond donors (Lipinski definition) is 2. The topological polar surface area (TPSA) is 103 Å². The molecule has 7 nitrogen and oxygen atoms in total. The molecule has 0 saturated heterocycles. The molecule has 0 spiro atoms. The molecule has 0 radical (unpaired) electrons. The zero-order valence-corrected chi connectivity index (χ0v) is 8.77. The van der Waals surface area contributed by atoms with Gasteiger partial charge in [-0.25, -0.2) is 13.1 Å². The molecule has 0 saturated carbocycles. The molecule has 1 aliphatic heterocycles. The number of aromatic nitrogens is 3. The average molecular weight is 237 g/mol. The highest BCUT2D eigenvalue weighted by Gasteiger charge is 2.28. The summed E-state index contributed by atoms with van der Waals surface area (Å²) in [5.74, 6) is 0.165. The molecule has 0 fully saturated rings. The fourth-order valence-electron chi connectivity index (χ4n) is 1.59. The number of sulfonamides is 1. The van der Waals surface area contributed by atoms with Crippen LogP contribution in [0.25, 0.3) is 5.69 Å². The standard InChI is InChI=1S/C8H7N5O2S/c9-5-1-2-7-6(3-5)13-8(10-4-11-13)12-16(7,14)15/h1-4H,9H2,(H,10,11,12). The van der Waals surface area contributed by atoms with Gasteiger partial charge >= 0.3 is 0 Å². The summed E-state index contributed by atoms with van der Waals surface area (Å²) in [6.45, 7) is 0. The van der Waals surface area contributed by atoms with Crippen LogP contribution in [0.3, 0.4) is 0 Å². The number of rotatable bonds is 0. The lowest BCUT2D eigenvalue weighted by Crippen LogP contribution is -2.23. The van der Waals surface area contributed by atoms with Crippen molar-refractivity contribution < 1.29 is 8.42 Å². The summed E-state index contributed by atoms with van der Waals surface area (Å²) >= 11 is 0. The quantitative estimate of drug-likeness (QED) is 0.626. The van der Waals surface area contributed by atoms with Gasteiger partial charge in [0.1, 0.15) is 11.2 Å². The van der Waals surface area contributed by atoms with Crippen molar-refractivity contribution in [2.75, 3.05) is 10.5 Å². The van der Waals surface area contributed by atoms with Crippen molar-refractivity contribution in [2.45, 2.75) is 4.90 Å². The fraction of sp³-hybridized carbons (Fsp3) is 0. The van der Waals surface area contributed by atoms with Gasteiger partial charge in [-0.15, -0.1) is 0 Å². The van der Waals surface area contributed by atoms with Gasteiger partial charge in [0.2, 0.25) is 5.95 Å². The molecule has 1 aliphatic rings. The van der Waals surface area contributed by atoms with E-state index in [4.69, 9.17) is 5.73 Å². The molecule has 8 heteroatoms. The van der Waals surface area contributed by atoms with Crippen LogP contribution in [0.5, 0.6) is 0 Å². The van der Waals surface area contributed by atoms with E-state index in [9.17, 15) is 8.42 Å². The van der Waals surface area contributed by atoms with E-state index in [0.717, 1.165) is 0 Å². The number of hydrogen-bond acceptors (Lipinski definition) is 5. The van der Waals surface area contributed by atoms with Crippen molar-refractivity contribution in [3.05, 3.63) is 24.5 Å². The van der Waals surface area contributed by atoms with Crippen LogP contribution in [0.2, 0.25) is 0 Å². The van der Waals surface area contributed by atoms with E-state index in [1.54, 1.807) is 6.07 Å². The fourth-order valence-corrected chi connectivity index (χ4v) is 2.75. The minimum Gasteiger partial charge on any atom is -0.399 e. The molecule has 16 heavy (non-hydrogen) atoms. The highest BCUT2D eigenvalue weighted by atomic mass is 32.2. The van der Waals surface area contributed by atoms with Gasteiger partial charge in [-0.2, -0.15) is 14.8 Å². The zero-order chi connectivity index (χ0) is 11.3. The van der Waals surface area contributed by atoms with Crippen molar-refractivity contribution in [3.8, 4) is 5.69 Å². The summed E-state index contributed by atoms with van der Waals surface area (Å²) < 4.78 is 27.3. The third kappa shape index (κ3) is 1.10. The van der Waals surface area contributed by atoms with E-state index in [0.29, 0.717) is 11.4 Å². The zero-order valence-electron chi connectivity index (χ0n) is 7.95. The second-order valence-electron chi connectivity index (χ2n) is 3.33. The van der Waals surface area contributed by atoms with Crippen molar-refractivity contribution in [3.63, 3.8) is 0 Å². The van der Waals surface area contributed by atoms with Gasteiger partial charge < -0.3 is 5.73 Å². The third-order valence-electron chi connectivity index (χ3n) is 2.27. The first-order chi connectivity index (χ1) is 7.58. The van der Waals surface area contributed by atoms with Crippen molar-refractivity contribution in [1.29, 1.82) is 0 Å². The van der Waals surface area contributed by atoms with Gasteiger partial charge in [0.15, 0.2) is 0 Å². The normalized spacial score (nSPS) is 16.0. The van der Waals surface area contributed by atoms with Gasteiger partial charge in [-0.1, -0.05) is 0 Å². The van der Waals surface area contributed by atoms with E-state index >= 15 is 0 Å². The number of nitrogen functional groups attached to an aromatic ring is 1. The molecule has 0 amide bonds. The Hall–Kier alpha value is -2.09. The number of nitrogens with one attached hydrogen (secondary N) is 1. The maximum absolute atomic E-state index is 11.8. The van der Waals surface area contributed by atoms with Crippen LogP contribution >= 0.6 is 0 Å². The minimum atomic E-state index is -3.57. The van der Waals surface area contributed by atoms with E-state index in [-0.39, 0.29) is 10.8 Å². The number of anilines is 2. The molecular formula is C8H7N5O2S. The second kappa shape index (κ2) is 2.73. The van der Waals surface area contributed by atoms with Gasteiger partial charge in [-0.3, -0.25) is 0 Å². The van der Waals surface area contributed by atoms with Crippen LogP contribution in [0.1, 0.15) is 0 Å². The molecule has 82 valence electrons. The summed E-state index contributed by atoms with van der Waals surface area (Å²) in [7, 11) is -3.57. The van der Waals surface area contributed by atoms with Crippen LogP contribution in [0, 0.1) is 0 Å². The van der Waals surface area contributed by atoms with Crippen LogP contribution < -0.4 is 10.5 Å². The number of fused-ring (bicyclic) bond motifs is 3. The Kier molecular flexibility index (Phi) is 1.56. The van der Waals surface area contributed by atoms with Crippen molar-refractivity contribution in [1.82, 2.24) is 14.8 Å². The second-order valence-corrected chi connectivity index (χ2v) is 4.98. The summed E-state index contributed by atoms with van der Waals surface area (Å²) in [6.07, 6.45) is 1.27. The van der Waals surface area contributed by atoms with E-state index in [1.165, 1.54) is 23.1 Å². The van der Waals surface area contributed by atoms with Gasteiger partial charge in [-0.05, 0) is 18.2 Å². The molecule has 1 aromatic heterocycles. The maximum Gasteiger partial charge on any atom is 0.266 e. The van der Waals surface area contributed by atoms with Gasteiger partial charge in [0.25, 0.3) is 10.0 Å². The first-order valence-corrected chi connectivity index (χ1v) is 5.89. The minimum absolute atomic E-state index is 0.139. The van der Waals surface area contributed by atoms with Crippen LogP contribution in [-0.2, 0) is 10.0 Å². The first-order valence-electron chi connectivity index (χ1n) is 4.41. The molecular weight excluding hydrogens is 230 g/mol. The third-order valence-corrected chi connectivity index (χ3v) is 3.65. The van der Waals surface area contributed by atoms with Crippen LogP contribution in [0.15, 0.2) is 29.4 Å².